The topological polar surface area (TPSA) is 67.9 Å². The first-order chi connectivity index (χ1) is 18.6. The Morgan fingerprint density at radius 1 is 0.846 bits per heavy atom. The van der Waals surface area contributed by atoms with Crippen LogP contribution in [0.3, 0.4) is 0 Å². The van der Waals surface area contributed by atoms with E-state index in [1.165, 1.54) is 12.1 Å². The van der Waals surface area contributed by atoms with Gasteiger partial charge in [-0.3, -0.25) is 4.72 Å². The van der Waals surface area contributed by atoms with Gasteiger partial charge in [-0.2, -0.15) is 0 Å². The number of anilines is 2. The van der Waals surface area contributed by atoms with E-state index in [2.05, 4.69) is 4.72 Å². The molecule has 0 aliphatic rings. The van der Waals surface area contributed by atoms with Gasteiger partial charge in [0.05, 0.1) is 18.6 Å². The fraction of sp³-hybridized carbons (Fsp3) is 0.200. The van der Waals surface area contributed by atoms with E-state index in [9.17, 15) is 17.2 Å². The van der Waals surface area contributed by atoms with Gasteiger partial charge in [-0.05, 0) is 67.4 Å². The molecule has 0 bridgehead atoms. The van der Waals surface area contributed by atoms with Gasteiger partial charge in [0.2, 0.25) is 10.0 Å². The Hall–Kier alpha value is -4.11. The van der Waals surface area contributed by atoms with Crippen LogP contribution in [-0.2, 0) is 23.1 Å². The Labute approximate surface area is 227 Å². The van der Waals surface area contributed by atoms with Crippen LogP contribution in [0.1, 0.15) is 23.6 Å². The average molecular weight is 553 g/mol. The Bertz CT molecular complexity index is 1540. The lowest BCUT2D eigenvalue weighted by atomic mass is 10.1. The van der Waals surface area contributed by atoms with Crippen LogP contribution in [0.2, 0.25) is 0 Å². The molecular formula is C30H30F2N2O4S. The number of benzene rings is 4. The third-order valence-corrected chi connectivity index (χ3v) is 6.56. The summed E-state index contributed by atoms with van der Waals surface area (Å²) in [5.41, 5.74) is 3.04. The highest BCUT2D eigenvalue weighted by Gasteiger charge is 2.17. The summed E-state index contributed by atoms with van der Waals surface area (Å²) < 4.78 is 65.9. The molecule has 0 atom stereocenters. The summed E-state index contributed by atoms with van der Waals surface area (Å²) in [7, 11) is -3.50. The predicted molar refractivity (Wildman–Crippen MR) is 150 cm³/mol. The molecule has 39 heavy (non-hydrogen) atoms. The zero-order valence-electron chi connectivity index (χ0n) is 21.9. The first-order valence-electron chi connectivity index (χ1n) is 12.4. The van der Waals surface area contributed by atoms with E-state index >= 15 is 0 Å². The molecule has 0 fully saturated rings. The van der Waals surface area contributed by atoms with Gasteiger partial charge in [0.15, 0.2) is 0 Å². The smallest absolute Gasteiger partial charge is 0.229 e. The molecule has 0 aromatic heterocycles. The fourth-order valence-corrected chi connectivity index (χ4v) is 4.79. The van der Waals surface area contributed by atoms with E-state index in [4.69, 9.17) is 9.47 Å². The van der Waals surface area contributed by atoms with Gasteiger partial charge in [-0.25, -0.2) is 17.2 Å². The van der Waals surface area contributed by atoms with Crippen LogP contribution >= 0.6 is 0 Å². The molecule has 0 saturated carbocycles. The highest BCUT2D eigenvalue weighted by atomic mass is 32.2. The largest absolute Gasteiger partial charge is 0.494 e. The molecule has 0 heterocycles. The van der Waals surface area contributed by atoms with Crippen molar-refractivity contribution in [1.82, 2.24) is 0 Å². The average Bonchev–Trinajstić information content (AvgIpc) is 2.87. The maximum Gasteiger partial charge on any atom is 0.229 e. The van der Waals surface area contributed by atoms with Crippen molar-refractivity contribution < 1.29 is 26.7 Å². The van der Waals surface area contributed by atoms with Crippen LogP contribution in [0, 0.1) is 18.6 Å². The molecule has 204 valence electrons. The Morgan fingerprint density at radius 3 is 2.26 bits per heavy atom. The van der Waals surface area contributed by atoms with E-state index in [1.807, 2.05) is 66.4 Å². The Morgan fingerprint density at radius 2 is 1.56 bits per heavy atom. The molecule has 0 amide bonds. The van der Waals surface area contributed by atoms with Gasteiger partial charge in [0.1, 0.15) is 28.9 Å². The third kappa shape index (κ3) is 7.70. The summed E-state index contributed by atoms with van der Waals surface area (Å²) in [4.78, 5) is 1.92. The molecule has 9 heteroatoms. The van der Waals surface area contributed by atoms with Crippen LogP contribution < -0.4 is 19.1 Å². The normalized spacial score (nSPS) is 11.2. The van der Waals surface area contributed by atoms with Crippen molar-refractivity contribution in [3.8, 4) is 17.2 Å². The van der Waals surface area contributed by atoms with E-state index in [0.717, 1.165) is 23.6 Å². The van der Waals surface area contributed by atoms with E-state index in [0.29, 0.717) is 47.2 Å². The predicted octanol–water partition coefficient (Wildman–Crippen LogP) is 7.04. The number of nitrogens with one attached hydrogen (secondary N) is 1. The van der Waals surface area contributed by atoms with E-state index < -0.39 is 21.7 Å². The van der Waals surface area contributed by atoms with Gasteiger partial charge >= 0.3 is 0 Å². The van der Waals surface area contributed by atoms with E-state index in [1.54, 1.807) is 19.1 Å². The Kier molecular flexibility index (Phi) is 8.71. The molecular weight excluding hydrogens is 522 g/mol. The monoisotopic (exact) mass is 552 g/mol. The highest BCUT2D eigenvalue weighted by molar-refractivity contribution is 7.92. The van der Waals surface area contributed by atoms with Gasteiger partial charge in [0.25, 0.3) is 0 Å². The van der Waals surface area contributed by atoms with Crippen LogP contribution in [0.5, 0.6) is 17.2 Å². The zero-order valence-corrected chi connectivity index (χ0v) is 22.8. The number of nitrogens with zero attached hydrogens (tertiary/aromatic N) is 1. The van der Waals surface area contributed by atoms with Crippen molar-refractivity contribution in [3.05, 3.63) is 113 Å². The zero-order chi connectivity index (χ0) is 28.0. The summed E-state index contributed by atoms with van der Waals surface area (Å²) in [6, 6.07) is 23.6. The lowest BCUT2D eigenvalue weighted by molar-refractivity contribution is 0.338. The summed E-state index contributed by atoms with van der Waals surface area (Å²) >= 11 is 0. The first-order valence-corrected chi connectivity index (χ1v) is 14.3. The van der Waals surface area contributed by atoms with Crippen molar-refractivity contribution in [1.29, 1.82) is 0 Å². The summed E-state index contributed by atoms with van der Waals surface area (Å²) in [6.07, 6.45) is 1.08. The van der Waals surface area contributed by atoms with Crippen molar-refractivity contribution >= 4 is 21.4 Å². The maximum absolute atomic E-state index is 14.6. The maximum atomic E-state index is 14.6. The Balaban J connectivity index is 1.61. The number of rotatable bonds is 11. The molecule has 0 aliphatic carbocycles. The van der Waals surface area contributed by atoms with Crippen molar-refractivity contribution in [2.45, 2.75) is 26.9 Å². The molecule has 0 aliphatic heterocycles. The van der Waals surface area contributed by atoms with E-state index in [-0.39, 0.29) is 6.54 Å². The second-order valence-corrected chi connectivity index (χ2v) is 10.8. The lowest BCUT2D eigenvalue weighted by Crippen LogP contribution is -2.24. The minimum atomic E-state index is -3.50. The van der Waals surface area contributed by atoms with Gasteiger partial charge in [0, 0.05) is 36.5 Å². The molecule has 0 unspecified atom stereocenters. The van der Waals surface area contributed by atoms with Gasteiger partial charge in [-0.1, -0.05) is 30.3 Å². The van der Waals surface area contributed by atoms with Crippen LogP contribution in [0.25, 0.3) is 0 Å². The number of hydrogen-bond acceptors (Lipinski definition) is 5. The summed E-state index contributed by atoms with van der Waals surface area (Å²) in [5.74, 6) is 0.701. The van der Waals surface area contributed by atoms with Crippen LogP contribution in [0.15, 0.2) is 84.9 Å². The van der Waals surface area contributed by atoms with Crippen LogP contribution in [-0.4, -0.2) is 21.3 Å². The van der Waals surface area contributed by atoms with Crippen molar-refractivity contribution in [2.24, 2.45) is 0 Å². The molecule has 4 aromatic carbocycles. The molecule has 0 saturated heterocycles. The third-order valence-electron chi connectivity index (χ3n) is 5.97. The molecule has 4 aromatic rings. The number of ether oxygens (including phenoxy) is 2. The van der Waals surface area contributed by atoms with Gasteiger partial charge < -0.3 is 14.4 Å². The molecule has 1 N–H and O–H groups in total. The quantitative estimate of drug-likeness (QED) is 0.216. The molecule has 6 nitrogen and oxygen atoms in total. The highest BCUT2D eigenvalue weighted by Crippen LogP contribution is 2.31. The molecule has 4 rings (SSSR count). The van der Waals surface area contributed by atoms with Gasteiger partial charge in [-0.15, -0.1) is 0 Å². The second-order valence-electron chi connectivity index (χ2n) is 9.07. The SMILES string of the molecule is CCOc1cccc(Oc2ccc(CN(Cc3ccc(F)cc3F)c3cccc(NS(C)(=O)=O)c3C)cc2)c1. The fourth-order valence-electron chi connectivity index (χ4n) is 4.17. The summed E-state index contributed by atoms with van der Waals surface area (Å²) in [5, 5.41) is 0. The number of halogens is 2. The minimum absolute atomic E-state index is 0.137. The summed E-state index contributed by atoms with van der Waals surface area (Å²) in [6.45, 7) is 4.78. The lowest BCUT2D eigenvalue weighted by Gasteiger charge is -2.28. The molecule has 0 spiro atoms. The number of sulfonamides is 1. The second kappa shape index (κ2) is 12.2. The standard InChI is InChI=1S/C30H30F2N2O4S/c1-4-37-26-7-5-8-27(18-26)38-25-15-11-22(12-16-25)19-34(20-23-13-14-24(31)17-28(23)32)30-10-6-9-29(21(30)2)33-39(3,35)36/h5-18,33H,4,19-20H2,1-3H3. The van der Waals surface area contributed by atoms with Crippen molar-refractivity contribution in [2.75, 3.05) is 22.5 Å². The first kappa shape index (κ1) is 27.9. The van der Waals surface area contributed by atoms with Crippen molar-refractivity contribution in [3.63, 3.8) is 0 Å². The minimum Gasteiger partial charge on any atom is -0.494 e. The van der Waals surface area contributed by atoms with Crippen LogP contribution in [0.4, 0.5) is 20.2 Å². The molecule has 0 radical (unpaired) electrons. The number of hydrogen-bond donors (Lipinski definition) is 1.